The van der Waals surface area contributed by atoms with Gasteiger partial charge in [0.05, 0.1) is 11.3 Å². The van der Waals surface area contributed by atoms with Crippen molar-refractivity contribution in [1.82, 2.24) is 0 Å². The topological polar surface area (TPSA) is 66.4 Å². The van der Waals surface area contributed by atoms with E-state index in [9.17, 15) is 14.7 Å². The van der Waals surface area contributed by atoms with Gasteiger partial charge in [-0.2, -0.15) is 0 Å². The van der Waals surface area contributed by atoms with Gasteiger partial charge in [0.2, 0.25) is 0 Å². The van der Waals surface area contributed by atoms with E-state index in [0.717, 1.165) is 5.56 Å². The summed E-state index contributed by atoms with van der Waals surface area (Å²) in [5.41, 5.74) is 1.75. The van der Waals surface area contributed by atoms with Crippen molar-refractivity contribution in [2.45, 2.75) is 6.92 Å². The van der Waals surface area contributed by atoms with Gasteiger partial charge >= 0.3 is 5.97 Å². The van der Waals surface area contributed by atoms with Crippen LogP contribution in [0.15, 0.2) is 45.3 Å². The van der Waals surface area contributed by atoms with Gasteiger partial charge < -0.3 is 10.4 Å². The van der Waals surface area contributed by atoms with E-state index >= 15 is 0 Å². The number of amides is 1. The molecule has 0 radical (unpaired) electrons. The van der Waals surface area contributed by atoms with E-state index in [-0.39, 0.29) is 17.2 Å². The molecular formula is C15H11Br2NO3. The summed E-state index contributed by atoms with van der Waals surface area (Å²) in [6.07, 6.45) is 0. The lowest BCUT2D eigenvalue weighted by molar-refractivity contribution is 0.0698. The minimum atomic E-state index is -1.11. The van der Waals surface area contributed by atoms with Crippen molar-refractivity contribution < 1.29 is 14.7 Å². The summed E-state index contributed by atoms with van der Waals surface area (Å²) in [5.74, 6) is -1.48. The van der Waals surface area contributed by atoms with E-state index in [2.05, 4.69) is 37.2 Å². The van der Waals surface area contributed by atoms with Gasteiger partial charge in [-0.25, -0.2) is 4.79 Å². The molecule has 0 aliphatic rings. The average molecular weight is 413 g/mol. The molecule has 0 unspecified atom stereocenters. The third-order valence-corrected chi connectivity index (χ3v) is 3.92. The van der Waals surface area contributed by atoms with Gasteiger partial charge in [0, 0.05) is 14.5 Å². The quantitative estimate of drug-likeness (QED) is 0.781. The smallest absolute Gasteiger partial charge is 0.337 e. The van der Waals surface area contributed by atoms with E-state index < -0.39 is 5.97 Å². The molecule has 2 rings (SSSR count). The number of hydrogen-bond donors (Lipinski definition) is 2. The maximum Gasteiger partial charge on any atom is 0.337 e. The molecule has 0 aliphatic heterocycles. The van der Waals surface area contributed by atoms with Crippen LogP contribution in [0.1, 0.15) is 26.3 Å². The van der Waals surface area contributed by atoms with Crippen LogP contribution in [0.2, 0.25) is 0 Å². The van der Waals surface area contributed by atoms with Crippen LogP contribution in [-0.2, 0) is 0 Å². The number of rotatable bonds is 3. The highest BCUT2D eigenvalue weighted by molar-refractivity contribution is 9.11. The lowest BCUT2D eigenvalue weighted by atomic mass is 10.1. The van der Waals surface area contributed by atoms with Crippen molar-refractivity contribution in [2.75, 3.05) is 5.32 Å². The molecule has 0 atom stereocenters. The summed E-state index contributed by atoms with van der Waals surface area (Å²) in [4.78, 5) is 23.5. The van der Waals surface area contributed by atoms with E-state index in [1.807, 2.05) is 19.1 Å². The van der Waals surface area contributed by atoms with E-state index in [4.69, 9.17) is 0 Å². The number of aromatic carboxylic acids is 1. The predicted molar refractivity (Wildman–Crippen MR) is 87.9 cm³/mol. The molecule has 0 fully saturated rings. The molecule has 0 heterocycles. The van der Waals surface area contributed by atoms with Crippen molar-refractivity contribution in [3.8, 4) is 0 Å². The minimum absolute atomic E-state index is 0.0108. The van der Waals surface area contributed by atoms with Crippen LogP contribution in [0.4, 0.5) is 5.69 Å². The molecule has 0 bridgehead atoms. The van der Waals surface area contributed by atoms with Crippen molar-refractivity contribution in [3.63, 3.8) is 0 Å². The predicted octanol–water partition coefficient (Wildman–Crippen LogP) is 4.47. The van der Waals surface area contributed by atoms with E-state index in [1.165, 1.54) is 6.07 Å². The van der Waals surface area contributed by atoms with E-state index in [1.54, 1.807) is 18.2 Å². The van der Waals surface area contributed by atoms with Crippen LogP contribution in [0, 0.1) is 6.92 Å². The molecule has 0 aromatic heterocycles. The monoisotopic (exact) mass is 411 g/mol. The van der Waals surface area contributed by atoms with Crippen molar-refractivity contribution in [1.29, 1.82) is 0 Å². The summed E-state index contributed by atoms with van der Waals surface area (Å²) in [7, 11) is 0. The molecule has 0 aliphatic carbocycles. The summed E-state index contributed by atoms with van der Waals surface area (Å²) >= 11 is 6.50. The summed E-state index contributed by atoms with van der Waals surface area (Å²) in [5, 5.41) is 11.9. The SMILES string of the molecule is Cc1ccc(C(=O)Nc2c(Br)cc(Br)cc2C(=O)O)cc1. The van der Waals surface area contributed by atoms with Gasteiger partial charge in [0.15, 0.2) is 0 Å². The lowest BCUT2D eigenvalue weighted by Crippen LogP contribution is -2.15. The Hall–Kier alpha value is -1.66. The van der Waals surface area contributed by atoms with Gasteiger partial charge in [0.1, 0.15) is 0 Å². The molecule has 0 spiro atoms. The zero-order valence-electron chi connectivity index (χ0n) is 11.0. The van der Waals surface area contributed by atoms with E-state index in [0.29, 0.717) is 14.5 Å². The normalized spacial score (nSPS) is 10.2. The molecular weight excluding hydrogens is 402 g/mol. The number of carbonyl (C=O) groups is 2. The maximum absolute atomic E-state index is 12.2. The molecule has 108 valence electrons. The van der Waals surface area contributed by atoms with Crippen LogP contribution in [-0.4, -0.2) is 17.0 Å². The second-order valence-electron chi connectivity index (χ2n) is 4.44. The van der Waals surface area contributed by atoms with Gasteiger partial charge in [-0.1, -0.05) is 33.6 Å². The fourth-order valence-electron chi connectivity index (χ4n) is 1.76. The Kier molecular flexibility index (Phi) is 4.80. The number of halogens is 2. The first-order chi connectivity index (χ1) is 9.88. The molecule has 2 aromatic carbocycles. The standard InChI is InChI=1S/C15H11Br2NO3/c1-8-2-4-9(5-3-8)14(19)18-13-11(15(20)21)6-10(16)7-12(13)17/h2-7H,1H3,(H,18,19)(H,20,21). The maximum atomic E-state index is 12.2. The van der Waals surface area contributed by atoms with Crippen molar-refractivity contribution >= 4 is 49.4 Å². The minimum Gasteiger partial charge on any atom is -0.478 e. The number of hydrogen-bond acceptors (Lipinski definition) is 2. The highest BCUT2D eigenvalue weighted by Crippen LogP contribution is 2.31. The molecule has 6 heteroatoms. The second-order valence-corrected chi connectivity index (χ2v) is 6.21. The Morgan fingerprint density at radius 1 is 1.10 bits per heavy atom. The zero-order valence-corrected chi connectivity index (χ0v) is 14.2. The van der Waals surface area contributed by atoms with Crippen LogP contribution in [0.3, 0.4) is 0 Å². The largest absolute Gasteiger partial charge is 0.478 e. The number of carboxylic acid groups (broad SMARTS) is 1. The first-order valence-electron chi connectivity index (χ1n) is 5.99. The third kappa shape index (κ3) is 3.71. The third-order valence-electron chi connectivity index (χ3n) is 2.84. The van der Waals surface area contributed by atoms with Gasteiger partial charge in [-0.15, -0.1) is 0 Å². The summed E-state index contributed by atoms with van der Waals surface area (Å²) in [6, 6.07) is 10.2. The number of carboxylic acids is 1. The van der Waals surface area contributed by atoms with Crippen LogP contribution < -0.4 is 5.32 Å². The van der Waals surface area contributed by atoms with Gasteiger partial charge in [-0.05, 0) is 47.1 Å². The summed E-state index contributed by atoms with van der Waals surface area (Å²) in [6.45, 7) is 1.93. The first kappa shape index (κ1) is 15.7. The summed E-state index contributed by atoms with van der Waals surface area (Å²) < 4.78 is 1.11. The van der Waals surface area contributed by atoms with Crippen LogP contribution >= 0.6 is 31.9 Å². The number of anilines is 1. The number of carbonyl (C=O) groups excluding carboxylic acids is 1. The van der Waals surface area contributed by atoms with Gasteiger partial charge in [-0.3, -0.25) is 4.79 Å². The Morgan fingerprint density at radius 3 is 2.29 bits per heavy atom. The number of benzene rings is 2. The van der Waals surface area contributed by atoms with Crippen LogP contribution in [0.5, 0.6) is 0 Å². The molecule has 21 heavy (non-hydrogen) atoms. The highest BCUT2D eigenvalue weighted by atomic mass is 79.9. The Morgan fingerprint density at radius 2 is 1.71 bits per heavy atom. The zero-order chi connectivity index (χ0) is 15.6. The molecule has 4 nitrogen and oxygen atoms in total. The van der Waals surface area contributed by atoms with Gasteiger partial charge in [0.25, 0.3) is 5.91 Å². The fraction of sp³-hybridized carbons (Fsp3) is 0.0667. The Balaban J connectivity index is 2.37. The Labute approximate surface area is 138 Å². The fourth-order valence-corrected chi connectivity index (χ4v) is 3.08. The van der Waals surface area contributed by atoms with Crippen molar-refractivity contribution in [3.05, 3.63) is 62.0 Å². The lowest BCUT2D eigenvalue weighted by Gasteiger charge is -2.11. The molecule has 1 amide bonds. The highest BCUT2D eigenvalue weighted by Gasteiger charge is 2.17. The number of aryl methyl sites for hydroxylation is 1. The number of nitrogens with one attached hydrogen (secondary N) is 1. The average Bonchev–Trinajstić information content (AvgIpc) is 2.41. The molecule has 0 saturated heterocycles. The van der Waals surface area contributed by atoms with Crippen molar-refractivity contribution in [2.24, 2.45) is 0 Å². The molecule has 0 saturated carbocycles. The first-order valence-corrected chi connectivity index (χ1v) is 7.57. The molecule has 2 aromatic rings. The Bertz CT molecular complexity index is 712. The molecule has 2 N–H and O–H groups in total. The second kappa shape index (κ2) is 6.41. The van der Waals surface area contributed by atoms with Crippen LogP contribution in [0.25, 0.3) is 0 Å².